The number of hydrogen-bond donors (Lipinski definition) is 1. The number of amides is 1. The van der Waals surface area contributed by atoms with E-state index >= 15 is 0 Å². The summed E-state index contributed by atoms with van der Waals surface area (Å²) in [6, 6.07) is 3.84. The molecule has 62 valence electrons. The van der Waals surface area contributed by atoms with Gasteiger partial charge in [-0.25, -0.2) is 0 Å². The van der Waals surface area contributed by atoms with E-state index < -0.39 is 0 Å². The number of carbonyl (C=O) groups excluding carboxylic acids is 1. The summed E-state index contributed by atoms with van der Waals surface area (Å²) in [5.41, 5.74) is 1.66. The molecule has 0 bridgehead atoms. The van der Waals surface area contributed by atoms with Gasteiger partial charge in [-0.15, -0.1) is 0 Å². The van der Waals surface area contributed by atoms with Gasteiger partial charge in [0, 0.05) is 12.7 Å². The topological polar surface area (TPSA) is 42.0 Å². The summed E-state index contributed by atoms with van der Waals surface area (Å²) >= 11 is 0. The Morgan fingerprint density at radius 1 is 1.50 bits per heavy atom. The largest absolute Gasteiger partial charge is 0.351 e. The Morgan fingerprint density at radius 2 is 2.42 bits per heavy atom. The zero-order valence-corrected chi connectivity index (χ0v) is 6.71. The van der Waals surface area contributed by atoms with Crippen molar-refractivity contribution in [2.45, 2.75) is 12.8 Å². The molecule has 1 aromatic rings. The number of nitrogens with one attached hydrogen (secondary N) is 1. The highest BCUT2D eigenvalue weighted by Gasteiger charge is 2.14. The van der Waals surface area contributed by atoms with Crippen molar-refractivity contribution >= 4 is 5.91 Å². The molecule has 0 unspecified atom stereocenters. The molecular weight excluding hydrogens is 152 g/mol. The molecule has 3 nitrogen and oxygen atoms in total. The fraction of sp³-hybridized carbons (Fsp3) is 0.333. The molecule has 1 aliphatic rings. The van der Waals surface area contributed by atoms with Crippen molar-refractivity contribution < 1.29 is 4.79 Å². The van der Waals surface area contributed by atoms with Crippen molar-refractivity contribution in [1.29, 1.82) is 0 Å². The van der Waals surface area contributed by atoms with Crippen LogP contribution in [-0.2, 0) is 6.42 Å². The lowest BCUT2D eigenvalue weighted by Crippen LogP contribution is -2.23. The number of hydrogen-bond acceptors (Lipinski definition) is 2. The van der Waals surface area contributed by atoms with E-state index in [4.69, 9.17) is 0 Å². The van der Waals surface area contributed by atoms with Gasteiger partial charge in [0.05, 0.1) is 0 Å². The first-order valence-electron chi connectivity index (χ1n) is 4.10. The summed E-state index contributed by atoms with van der Waals surface area (Å²) in [4.78, 5) is 15.4. The van der Waals surface area contributed by atoms with Crippen LogP contribution >= 0.6 is 0 Å². The van der Waals surface area contributed by atoms with Gasteiger partial charge < -0.3 is 5.32 Å². The minimum atomic E-state index is -0.0388. The second-order valence-corrected chi connectivity index (χ2v) is 2.87. The molecule has 0 aromatic carbocycles. The molecule has 0 spiro atoms. The maximum Gasteiger partial charge on any atom is 0.270 e. The van der Waals surface area contributed by atoms with Crippen molar-refractivity contribution in [3.8, 4) is 0 Å². The molecule has 12 heavy (non-hydrogen) atoms. The van der Waals surface area contributed by atoms with Gasteiger partial charge in [0.2, 0.25) is 0 Å². The second kappa shape index (κ2) is 2.93. The normalized spacial score (nSPS) is 16.2. The van der Waals surface area contributed by atoms with E-state index in [1.807, 2.05) is 12.1 Å². The third-order valence-electron chi connectivity index (χ3n) is 2.01. The van der Waals surface area contributed by atoms with E-state index in [2.05, 4.69) is 10.3 Å². The summed E-state index contributed by atoms with van der Waals surface area (Å²) in [7, 11) is 0. The minimum absolute atomic E-state index is 0.0388. The van der Waals surface area contributed by atoms with Crippen LogP contribution in [0.3, 0.4) is 0 Å². The van der Waals surface area contributed by atoms with Crippen LogP contribution in [0.2, 0.25) is 0 Å². The maximum atomic E-state index is 11.3. The van der Waals surface area contributed by atoms with Crippen molar-refractivity contribution in [2.75, 3.05) is 6.54 Å². The zero-order valence-electron chi connectivity index (χ0n) is 6.71. The lowest BCUT2D eigenvalue weighted by Gasteiger charge is -2.00. The highest BCUT2D eigenvalue weighted by molar-refractivity contribution is 5.93. The third-order valence-corrected chi connectivity index (χ3v) is 2.01. The molecule has 0 aliphatic carbocycles. The van der Waals surface area contributed by atoms with E-state index in [0.29, 0.717) is 5.69 Å². The van der Waals surface area contributed by atoms with Gasteiger partial charge in [0.25, 0.3) is 5.91 Å². The van der Waals surface area contributed by atoms with Crippen molar-refractivity contribution in [2.24, 2.45) is 0 Å². The fourth-order valence-electron chi connectivity index (χ4n) is 1.41. The van der Waals surface area contributed by atoms with E-state index in [0.717, 1.165) is 24.9 Å². The molecule has 0 fully saturated rings. The highest BCUT2D eigenvalue weighted by Crippen LogP contribution is 2.10. The van der Waals surface area contributed by atoms with E-state index in [1.165, 1.54) is 0 Å². The number of pyridine rings is 1. The molecule has 2 heterocycles. The van der Waals surface area contributed by atoms with Crippen LogP contribution in [0.1, 0.15) is 22.5 Å². The Kier molecular flexibility index (Phi) is 1.78. The van der Waals surface area contributed by atoms with E-state index in [-0.39, 0.29) is 5.91 Å². The molecule has 1 amide bonds. The van der Waals surface area contributed by atoms with Crippen LogP contribution in [-0.4, -0.2) is 17.4 Å². The van der Waals surface area contributed by atoms with Gasteiger partial charge in [-0.1, -0.05) is 6.07 Å². The van der Waals surface area contributed by atoms with Crippen molar-refractivity contribution in [3.63, 3.8) is 0 Å². The predicted octanol–water partition coefficient (Wildman–Crippen LogP) is 0.758. The molecule has 1 aromatic heterocycles. The summed E-state index contributed by atoms with van der Waals surface area (Å²) in [5, 5.41) is 2.80. The smallest absolute Gasteiger partial charge is 0.270 e. The van der Waals surface area contributed by atoms with Crippen molar-refractivity contribution in [1.82, 2.24) is 10.3 Å². The number of aryl methyl sites for hydroxylation is 1. The molecule has 2 rings (SSSR count). The summed E-state index contributed by atoms with van der Waals surface area (Å²) in [6.45, 7) is 0.759. The van der Waals surface area contributed by atoms with Gasteiger partial charge in [-0.05, 0) is 24.5 Å². The summed E-state index contributed by atoms with van der Waals surface area (Å²) in [5.74, 6) is -0.0388. The number of nitrogens with zero attached hydrogens (tertiary/aromatic N) is 1. The average molecular weight is 162 g/mol. The van der Waals surface area contributed by atoms with Crippen molar-refractivity contribution in [3.05, 3.63) is 29.6 Å². The van der Waals surface area contributed by atoms with E-state index in [1.54, 1.807) is 6.20 Å². The molecule has 0 saturated heterocycles. The zero-order chi connectivity index (χ0) is 8.39. The fourth-order valence-corrected chi connectivity index (χ4v) is 1.41. The van der Waals surface area contributed by atoms with Crippen LogP contribution in [0, 0.1) is 0 Å². The van der Waals surface area contributed by atoms with Gasteiger partial charge in [0.1, 0.15) is 5.69 Å². The highest BCUT2D eigenvalue weighted by atomic mass is 16.1. The Bertz CT molecular complexity index is 309. The van der Waals surface area contributed by atoms with Gasteiger partial charge >= 0.3 is 0 Å². The Morgan fingerprint density at radius 3 is 3.33 bits per heavy atom. The Balaban J connectivity index is 2.46. The summed E-state index contributed by atoms with van der Waals surface area (Å²) in [6.07, 6.45) is 3.61. The minimum Gasteiger partial charge on any atom is -0.351 e. The third kappa shape index (κ3) is 1.18. The van der Waals surface area contributed by atoms with Crippen LogP contribution < -0.4 is 5.32 Å². The second-order valence-electron chi connectivity index (χ2n) is 2.87. The predicted molar refractivity (Wildman–Crippen MR) is 44.9 cm³/mol. The summed E-state index contributed by atoms with van der Waals surface area (Å²) < 4.78 is 0. The number of carbonyl (C=O) groups is 1. The van der Waals surface area contributed by atoms with Gasteiger partial charge in [-0.2, -0.15) is 0 Å². The Hall–Kier alpha value is -1.38. The first-order valence-corrected chi connectivity index (χ1v) is 4.10. The SMILES string of the molecule is O=C1NCCCc2cccnc21. The molecule has 0 saturated carbocycles. The quantitative estimate of drug-likeness (QED) is 0.612. The first kappa shape index (κ1) is 7.28. The first-order chi connectivity index (χ1) is 5.88. The average Bonchev–Trinajstić information content (AvgIpc) is 2.29. The van der Waals surface area contributed by atoms with Gasteiger partial charge in [0.15, 0.2) is 0 Å². The Labute approximate surface area is 70.8 Å². The van der Waals surface area contributed by atoms with Crippen LogP contribution in [0.4, 0.5) is 0 Å². The van der Waals surface area contributed by atoms with Crippen LogP contribution in [0.15, 0.2) is 18.3 Å². The lowest BCUT2D eigenvalue weighted by atomic mass is 10.1. The van der Waals surface area contributed by atoms with E-state index in [9.17, 15) is 4.79 Å². The molecule has 3 heteroatoms. The number of rotatable bonds is 0. The molecule has 1 aliphatic heterocycles. The molecular formula is C9H10N2O. The lowest BCUT2D eigenvalue weighted by molar-refractivity contribution is 0.0951. The molecule has 0 atom stereocenters. The maximum absolute atomic E-state index is 11.3. The number of aromatic nitrogens is 1. The molecule has 1 N–H and O–H groups in total. The molecule has 0 radical (unpaired) electrons. The standard InChI is InChI=1S/C9H10N2O/c12-9-8-7(3-1-5-10-8)4-2-6-11-9/h1,3,5H,2,4,6H2,(H,11,12). The monoisotopic (exact) mass is 162 g/mol. The van der Waals surface area contributed by atoms with Crippen LogP contribution in [0.5, 0.6) is 0 Å². The van der Waals surface area contributed by atoms with Gasteiger partial charge in [-0.3, -0.25) is 9.78 Å². The van der Waals surface area contributed by atoms with Crippen LogP contribution in [0.25, 0.3) is 0 Å². The number of fused-ring (bicyclic) bond motifs is 1.